The van der Waals surface area contributed by atoms with Crippen molar-refractivity contribution >= 4 is 21.4 Å². The topological polar surface area (TPSA) is 38.7 Å². The average Bonchev–Trinajstić information content (AvgIpc) is 2.74. The Morgan fingerprint density at radius 2 is 1.94 bits per heavy atom. The summed E-state index contributed by atoms with van der Waals surface area (Å²) >= 11 is 1.69. The van der Waals surface area contributed by atoms with E-state index in [1.54, 1.807) is 11.3 Å². The monoisotopic (exact) mass is 252 g/mol. The molecule has 0 fully saturated rings. The second-order valence-corrected chi connectivity index (χ2v) is 4.78. The first kappa shape index (κ1) is 12.5. The van der Waals surface area contributed by atoms with Crippen molar-refractivity contribution < 1.29 is 14.6 Å². The van der Waals surface area contributed by atoms with Crippen LogP contribution in [0.15, 0.2) is 29.6 Å². The molecule has 0 aliphatic rings. The number of benzene rings is 1. The van der Waals surface area contributed by atoms with E-state index in [2.05, 4.69) is 17.5 Å². The summed E-state index contributed by atoms with van der Waals surface area (Å²) < 4.78 is 11.3. The molecular weight excluding hydrogens is 236 g/mol. The lowest BCUT2D eigenvalue weighted by Gasteiger charge is -2.19. The maximum atomic E-state index is 9.99. The van der Waals surface area contributed by atoms with Crippen LogP contribution in [0.3, 0.4) is 0 Å². The molecule has 0 saturated carbocycles. The van der Waals surface area contributed by atoms with Crippen molar-refractivity contribution in [2.45, 2.75) is 18.8 Å². The number of hydrogen-bond acceptors (Lipinski definition) is 4. The highest BCUT2D eigenvalue weighted by Crippen LogP contribution is 2.27. The van der Waals surface area contributed by atoms with E-state index in [9.17, 15) is 5.11 Å². The molecule has 3 nitrogen and oxygen atoms in total. The summed E-state index contributed by atoms with van der Waals surface area (Å²) in [7, 11) is 3.06. The summed E-state index contributed by atoms with van der Waals surface area (Å²) in [6.07, 6.45) is -0.687. The molecule has 1 N–H and O–H groups in total. The molecule has 1 heterocycles. The summed E-state index contributed by atoms with van der Waals surface area (Å²) in [5.74, 6) is 0. The molecule has 0 saturated heterocycles. The second-order valence-electron chi connectivity index (χ2n) is 3.87. The Bertz CT molecular complexity index is 476. The van der Waals surface area contributed by atoms with Crippen LogP contribution in [0.2, 0.25) is 0 Å². The first-order valence-electron chi connectivity index (χ1n) is 5.45. The number of aliphatic hydroxyl groups excluding tert-OH is 1. The van der Waals surface area contributed by atoms with Gasteiger partial charge in [0.05, 0.1) is 0 Å². The first-order valence-corrected chi connectivity index (χ1v) is 6.33. The van der Waals surface area contributed by atoms with Gasteiger partial charge in [-0.2, -0.15) is 0 Å². The van der Waals surface area contributed by atoms with Gasteiger partial charge in [0.1, 0.15) is 6.10 Å². The first-order chi connectivity index (χ1) is 8.26. The highest BCUT2D eigenvalue weighted by atomic mass is 32.1. The quantitative estimate of drug-likeness (QED) is 0.831. The Morgan fingerprint density at radius 3 is 2.65 bits per heavy atom. The second kappa shape index (κ2) is 5.60. The van der Waals surface area contributed by atoms with Crippen molar-refractivity contribution in [1.29, 1.82) is 0 Å². The number of methoxy groups -OCH3 is 2. The molecule has 0 aliphatic heterocycles. The van der Waals surface area contributed by atoms with Gasteiger partial charge in [0.2, 0.25) is 0 Å². The number of hydrogen-bond donors (Lipinski definition) is 1. The van der Waals surface area contributed by atoms with E-state index in [1.165, 1.54) is 24.3 Å². The maximum absolute atomic E-state index is 9.99. The minimum Gasteiger partial charge on any atom is -0.387 e. The van der Waals surface area contributed by atoms with Crippen LogP contribution in [0, 0.1) is 0 Å². The van der Waals surface area contributed by atoms with Crippen LogP contribution >= 0.6 is 11.3 Å². The lowest BCUT2D eigenvalue weighted by atomic mass is 10.1. The van der Waals surface area contributed by atoms with Gasteiger partial charge in [0.25, 0.3) is 0 Å². The summed E-state index contributed by atoms with van der Waals surface area (Å²) in [6, 6.07) is 8.18. The van der Waals surface area contributed by atoms with Gasteiger partial charge < -0.3 is 14.6 Å². The minimum atomic E-state index is -0.650. The highest BCUT2D eigenvalue weighted by Gasteiger charge is 2.19. The van der Waals surface area contributed by atoms with E-state index in [4.69, 9.17) is 9.47 Å². The van der Waals surface area contributed by atoms with Crippen molar-refractivity contribution in [3.8, 4) is 0 Å². The average molecular weight is 252 g/mol. The summed E-state index contributed by atoms with van der Waals surface area (Å²) in [5.41, 5.74) is 1.14. The fourth-order valence-corrected chi connectivity index (χ4v) is 2.90. The van der Waals surface area contributed by atoms with Crippen molar-refractivity contribution in [2.24, 2.45) is 0 Å². The fraction of sp³-hybridized carbons (Fsp3) is 0.385. The predicted octanol–water partition coefficient (Wildman–Crippen LogP) is 2.42. The predicted molar refractivity (Wildman–Crippen MR) is 69.3 cm³/mol. The molecule has 1 aromatic carbocycles. The molecule has 1 aromatic heterocycles. The SMILES string of the molecule is COC(OC)C(O)Cc1csc2ccccc12. The van der Waals surface area contributed by atoms with E-state index in [-0.39, 0.29) is 0 Å². The van der Waals surface area contributed by atoms with Crippen LogP contribution in [0.1, 0.15) is 5.56 Å². The van der Waals surface area contributed by atoms with Crippen LogP contribution in [-0.4, -0.2) is 31.7 Å². The van der Waals surface area contributed by atoms with Crippen LogP contribution < -0.4 is 0 Å². The zero-order valence-electron chi connectivity index (χ0n) is 9.92. The summed E-state index contributed by atoms with van der Waals surface area (Å²) in [5, 5.41) is 13.3. The zero-order valence-corrected chi connectivity index (χ0v) is 10.7. The maximum Gasteiger partial charge on any atom is 0.183 e. The molecule has 2 rings (SSSR count). The van der Waals surface area contributed by atoms with Crippen molar-refractivity contribution in [3.63, 3.8) is 0 Å². The van der Waals surface area contributed by atoms with Crippen LogP contribution in [0.5, 0.6) is 0 Å². The third-order valence-electron chi connectivity index (χ3n) is 2.77. The number of thiophene rings is 1. The standard InChI is InChI=1S/C13H16O3S/c1-15-13(16-2)11(14)7-9-8-17-12-6-4-3-5-10(9)12/h3-6,8,11,13-14H,7H2,1-2H3. The van der Waals surface area contributed by atoms with E-state index < -0.39 is 12.4 Å². The van der Waals surface area contributed by atoms with Crippen molar-refractivity contribution in [3.05, 3.63) is 35.2 Å². The Labute approximate surface area is 105 Å². The van der Waals surface area contributed by atoms with Gasteiger partial charge in [0.15, 0.2) is 6.29 Å². The molecule has 0 aliphatic carbocycles. The largest absolute Gasteiger partial charge is 0.387 e. The Morgan fingerprint density at radius 1 is 1.24 bits per heavy atom. The molecule has 92 valence electrons. The lowest BCUT2D eigenvalue weighted by Crippen LogP contribution is -2.31. The van der Waals surface area contributed by atoms with Gasteiger partial charge >= 0.3 is 0 Å². The zero-order chi connectivity index (χ0) is 12.3. The number of fused-ring (bicyclic) bond motifs is 1. The molecule has 0 amide bonds. The molecule has 17 heavy (non-hydrogen) atoms. The third-order valence-corrected chi connectivity index (χ3v) is 3.78. The van der Waals surface area contributed by atoms with Gasteiger partial charge in [-0.1, -0.05) is 18.2 Å². The molecule has 0 radical (unpaired) electrons. The lowest BCUT2D eigenvalue weighted by molar-refractivity contribution is -0.163. The van der Waals surface area contributed by atoms with Gasteiger partial charge in [-0.15, -0.1) is 11.3 Å². The molecule has 2 aromatic rings. The van der Waals surface area contributed by atoms with Gasteiger partial charge in [-0.05, 0) is 22.4 Å². The highest BCUT2D eigenvalue weighted by molar-refractivity contribution is 7.17. The minimum absolute atomic E-state index is 0.538. The van der Waals surface area contributed by atoms with Gasteiger partial charge in [0, 0.05) is 25.3 Å². The Balaban J connectivity index is 2.18. The molecule has 0 spiro atoms. The molecule has 1 atom stereocenters. The van der Waals surface area contributed by atoms with Crippen LogP contribution in [0.4, 0.5) is 0 Å². The molecule has 1 unspecified atom stereocenters. The van der Waals surface area contributed by atoms with Gasteiger partial charge in [-0.3, -0.25) is 0 Å². The van der Waals surface area contributed by atoms with Crippen LogP contribution in [-0.2, 0) is 15.9 Å². The molecule has 4 heteroatoms. The Hall–Kier alpha value is -0.940. The number of rotatable bonds is 5. The van der Waals surface area contributed by atoms with Crippen molar-refractivity contribution in [1.82, 2.24) is 0 Å². The number of aliphatic hydroxyl groups is 1. The fourth-order valence-electron chi connectivity index (χ4n) is 1.92. The number of ether oxygens (including phenoxy) is 2. The molecule has 0 bridgehead atoms. The third kappa shape index (κ3) is 2.66. The normalized spacial score (nSPS) is 13.4. The van der Waals surface area contributed by atoms with E-state index in [1.807, 2.05) is 12.1 Å². The van der Waals surface area contributed by atoms with E-state index in [0.717, 1.165) is 5.56 Å². The van der Waals surface area contributed by atoms with Crippen molar-refractivity contribution in [2.75, 3.05) is 14.2 Å². The van der Waals surface area contributed by atoms with E-state index >= 15 is 0 Å². The van der Waals surface area contributed by atoms with E-state index in [0.29, 0.717) is 6.42 Å². The smallest absolute Gasteiger partial charge is 0.183 e. The van der Waals surface area contributed by atoms with Crippen LogP contribution in [0.25, 0.3) is 10.1 Å². The Kier molecular flexibility index (Phi) is 4.12. The summed E-state index contributed by atoms with van der Waals surface area (Å²) in [4.78, 5) is 0. The molecular formula is C13H16O3S. The van der Waals surface area contributed by atoms with Gasteiger partial charge in [-0.25, -0.2) is 0 Å². The summed E-state index contributed by atoms with van der Waals surface area (Å²) in [6.45, 7) is 0.